The van der Waals surface area contributed by atoms with E-state index in [-0.39, 0.29) is 5.76 Å². The van der Waals surface area contributed by atoms with Gasteiger partial charge in [-0.15, -0.1) is 0 Å². The highest BCUT2D eigenvalue weighted by atomic mass is 16.7. The quantitative estimate of drug-likeness (QED) is 0.342. The molecule has 0 saturated carbocycles. The van der Waals surface area contributed by atoms with E-state index in [1.54, 1.807) is 6.07 Å². The number of aryl methyl sites for hydroxylation is 1. The lowest BCUT2D eigenvalue weighted by molar-refractivity contribution is -0.402. The Hall–Kier alpha value is -3.94. The largest absolute Gasteiger partial charge is 0.450 e. The summed E-state index contributed by atoms with van der Waals surface area (Å²) in [6.07, 6.45) is 0. The fourth-order valence-corrected chi connectivity index (χ4v) is 2.70. The first-order chi connectivity index (χ1) is 13.9. The molecule has 0 N–H and O–H groups in total. The van der Waals surface area contributed by atoms with Gasteiger partial charge in [-0.2, -0.15) is 0 Å². The van der Waals surface area contributed by atoms with Gasteiger partial charge in [0.05, 0.1) is 12.6 Å². The van der Waals surface area contributed by atoms with Gasteiger partial charge in [-0.25, -0.2) is 4.79 Å². The van der Waals surface area contributed by atoms with Crippen molar-refractivity contribution in [2.24, 2.45) is 0 Å². The first-order valence-electron chi connectivity index (χ1n) is 8.76. The molecule has 29 heavy (non-hydrogen) atoms. The number of hydrogen-bond acceptors (Lipinski definition) is 6. The standard InChI is InChI=1S/C21H18N2O6/c1-15-6-5-9-17(12-15)22(13-16-7-3-2-4-8-16)19(24)14-28-21(25)18-10-11-20(29-18)23(26)27/h2-12H,13-14H2,1H3. The van der Waals surface area contributed by atoms with Crippen molar-refractivity contribution in [2.75, 3.05) is 11.5 Å². The van der Waals surface area contributed by atoms with Crippen molar-refractivity contribution in [3.05, 3.63) is 93.7 Å². The molecule has 8 heteroatoms. The molecule has 1 heterocycles. The van der Waals surface area contributed by atoms with Crippen LogP contribution in [-0.4, -0.2) is 23.4 Å². The number of esters is 1. The number of carbonyl (C=O) groups excluding carboxylic acids is 2. The summed E-state index contributed by atoms with van der Waals surface area (Å²) in [5, 5.41) is 10.6. The summed E-state index contributed by atoms with van der Waals surface area (Å²) < 4.78 is 9.80. The molecule has 0 spiro atoms. The van der Waals surface area contributed by atoms with Crippen LogP contribution in [0.1, 0.15) is 21.7 Å². The highest BCUT2D eigenvalue weighted by molar-refractivity contribution is 5.96. The fraction of sp³-hybridized carbons (Fsp3) is 0.143. The van der Waals surface area contributed by atoms with Crippen LogP contribution in [0, 0.1) is 17.0 Å². The van der Waals surface area contributed by atoms with Crippen LogP contribution in [0.4, 0.5) is 11.6 Å². The maximum atomic E-state index is 12.8. The van der Waals surface area contributed by atoms with Crippen molar-refractivity contribution in [1.29, 1.82) is 0 Å². The van der Waals surface area contributed by atoms with Crippen molar-refractivity contribution in [1.82, 2.24) is 0 Å². The Balaban J connectivity index is 1.73. The van der Waals surface area contributed by atoms with Crippen LogP contribution in [0.5, 0.6) is 0 Å². The summed E-state index contributed by atoms with van der Waals surface area (Å²) in [7, 11) is 0. The van der Waals surface area contributed by atoms with E-state index >= 15 is 0 Å². The summed E-state index contributed by atoms with van der Waals surface area (Å²) in [4.78, 5) is 36.3. The van der Waals surface area contributed by atoms with Gasteiger partial charge in [0.1, 0.15) is 4.92 Å². The van der Waals surface area contributed by atoms with Crippen LogP contribution >= 0.6 is 0 Å². The lowest BCUT2D eigenvalue weighted by Gasteiger charge is -2.23. The van der Waals surface area contributed by atoms with E-state index in [2.05, 4.69) is 0 Å². The number of rotatable bonds is 7. The number of amides is 1. The number of nitro groups is 1. The van der Waals surface area contributed by atoms with Gasteiger partial charge in [-0.3, -0.25) is 14.9 Å². The smallest absolute Gasteiger partial charge is 0.433 e. The van der Waals surface area contributed by atoms with Gasteiger partial charge in [-0.05, 0) is 36.2 Å². The monoisotopic (exact) mass is 394 g/mol. The lowest BCUT2D eigenvalue weighted by atomic mass is 10.1. The Morgan fingerprint density at radius 2 is 1.83 bits per heavy atom. The van der Waals surface area contributed by atoms with Crippen molar-refractivity contribution in [3.8, 4) is 0 Å². The number of anilines is 1. The molecule has 0 fully saturated rings. The number of hydrogen-bond donors (Lipinski definition) is 0. The van der Waals surface area contributed by atoms with E-state index in [1.807, 2.05) is 55.5 Å². The van der Waals surface area contributed by atoms with Crippen molar-refractivity contribution >= 4 is 23.4 Å². The minimum atomic E-state index is -0.949. The number of furan rings is 1. The lowest BCUT2D eigenvalue weighted by Crippen LogP contribution is -2.34. The summed E-state index contributed by atoms with van der Waals surface area (Å²) in [6, 6.07) is 19.0. The third-order valence-electron chi connectivity index (χ3n) is 4.10. The minimum Gasteiger partial charge on any atom is -0.450 e. The van der Waals surface area contributed by atoms with Crippen LogP contribution in [0.2, 0.25) is 0 Å². The zero-order chi connectivity index (χ0) is 20.8. The molecule has 3 aromatic rings. The summed E-state index contributed by atoms with van der Waals surface area (Å²) >= 11 is 0. The Morgan fingerprint density at radius 1 is 1.07 bits per heavy atom. The molecule has 0 atom stereocenters. The number of nitrogens with zero attached hydrogens (tertiary/aromatic N) is 2. The molecule has 0 radical (unpaired) electrons. The van der Waals surface area contributed by atoms with E-state index in [4.69, 9.17) is 9.15 Å². The average molecular weight is 394 g/mol. The zero-order valence-electron chi connectivity index (χ0n) is 15.6. The van der Waals surface area contributed by atoms with Gasteiger partial charge in [0.25, 0.3) is 5.91 Å². The predicted octanol–water partition coefficient (Wildman–Crippen LogP) is 3.89. The Labute approximate surface area is 166 Å². The molecule has 0 aliphatic heterocycles. The zero-order valence-corrected chi connectivity index (χ0v) is 15.6. The molecule has 1 aromatic heterocycles. The van der Waals surface area contributed by atoms with Gasteiger partial charge < -0.3 is 14.1 Å². The van der Waals surface area contributed by atoms with E-state index in [0.29, 0.717) is 12.2 Å². The van der Waals surface area contributed by atoms with Crippen LogP contribution in [0.25, 0.3) is 0 Å². The van der Waals surface area contributed by atoms with Crippen molar-refractivity contribution in [3.63, 3.8) is 0 Å². The highest BCUT2D eigenvalue weighted by Gasteiger charge is 2.22. The third-order valence-corrected chi connectivity index (χ3v) is 4.10. The second kappa shape index (κ2) is 8.83. The highest BCUT2D eigenvalue weighted by Crippen LogP contribution is 2.20. The second-order valence-corrected chi connectivity index (χ2v) is 6.28. The Bertz CT molecular complexity index is 1030. The van der Waals surface area contributed by atoms with Crippen LogP contribution in [-0.2, 0) is 16.1 Å². The van der Waals surface area contributed by atoms with Gasteiger partial charge >= 0.3 is 11.9 Å². The van der Waals surface area contributed by atoms with Gasteiger partial charge in [-0.1, -0.05) is 42.5 Å². The van der Waals surface area contributed by atoms with E-state index in [0.717, 1.165) is 23.3 Å². The maximum Gasteiger partial charge on any atom is 0.433 e. The SMILES string of the molecule is Cc1cccc(N(Cc2ccccc2)C(=O)COC(=O)c2ccc([N+](=O)[O-])o2)c1. The van der Waals surface area contributed by atoms with Gasteiger partial charge in [0, 0.05) is 5.69 Å². The Kier molecular flexibility index (Phi) is 6.03. The summed E-state index contributed by atoms with van der Waals surface area (Å²) in [6.45, 7) is 1.68. The van der Waals surface area contributed by atoms with E-state index in [9.17, 15) is 19.7 Å². The molecule has 2 aromatic carbocycles. The topological polar surface area (TPSA) is 103 Å². The number of benzene rings is 2. The molecule has 0 aliphatic rings. The number of carbonyl (C=O) groups is 2. The maximum absolute atomic E-state index is 12.8. The molecule has 0 bridgehead atoms. The normalized spacial score (nSPS) is 10.4. The summed E-state index contributed by atoms with van der Waals surface area (Å²) in [5.74, 6) is -2.30. The van der Waals surface area contributed by atoms with Crippen LogP contribution in [0.3, 0.4) is 0 Å². The Morgan fingerprint density at radius 3 is 2.48 bits per heavy atom. The van der Waals surface area contributed by atoms with Crippen molar-refractivity contribution < 1.29 is 23.7 Å². The van der Waals surface area contributed by atoms with Gasteiger partial charge in [0.2, 0.25) is 5.76 Å². The number of ether oxygens (including phenoxy) is 1. The van der Waals surface area contributed by atoms with Gasteiger partial charge in [0.15, 0.2) is 6.61 Å². The molecular formula is C21H18N2O6. The molecule has 0 aliphatic carbocycles. The molecule has 0 saturated heterocycles. The van der Waals surface area contributed by atoms with Crippen LogP contribution < -0.4 is 4.90 Å². The van der Waals surface area contributed by atoms with E-state index < -0.39 is 29.3 Å². The molecule has 148 valence electrons. The fourth-order valence-electron chi connectivity index (χ4n) is 2.70. The minimum absolute atomic E-state index is 0.299. The first kappa shape index (κ1) is 19.8. The van der Waals surface area contributed by atoms with E-state index in [1.165, 1.54) is 4.90 Å². The molecular weight excluding hydrogens is 376 g/mol. The first-order valence-corrected chi connectivity index (χ1v) is 8.76. The second-order valence-electron chi connectivity index (χ2n) is 6.28. The summed E-state index contributed by atoms with van der Waals surface area (Å²) in [5.41, 5.74) is 2.56. The average Bonchev–Trinajstić information content (AvgIpc) is 3.21. The molecule has 3 rings (SSSR count). The van der Waals surface area contributed by atoms with Crippen LogP contribution in [0.15, 0.2) is 71.1 Å². The molecule has 1 amide bonds. The molecule has 0 unspecified atom stereocenters. The van der Waals surface area contributed by atoms with Crippen molar-refractivity contribution in [2.45, 2.75) is 13.5 Å². The predicted molar refractivity (Wildman–Crippen MR) is 104 cm³/mol. The third kappa shape index (κ3) is 5.07. The molecule has 8 nitrogen and oxygen atoms in total.